The highest BCUT2D eigenvalue weighted by molar-refractivity contribution is 6.02. The smallest absolute Gasteiger partial charge is 0.310 e. The summed E-state index contributed by atoms with van der Waals surface area (Å²) in [6, 6.07) is 24.9. The first kappa shape index (κ1) is 24.6. The molecule has 0 bridgehead atoms. The first-order chi connectivity index (χ1) is 17.0. The number of aliphatic hydroxyl groups excluding tert-OH is 1. The number of ether oxygens (including phenoxy) is 4. The van der Waals surface area contributed by atoms with Crippen LogP contribution in [0, 0.1) is 5.92 Å². The molecule has 182 valence electrons. The number of methoxy groups -OCH3 is 2. The Morgan fingerprint density at radius 3 is 2.09 bits per heavy atom. The fourth-order valence-electron chi connectivity index (χ4n) is 4.35. The van der Waals surface area contributed by atoms with Crippen molar-refractivity contribution in [2.75, 3.05) is 14.2 Å². The average molecular weight is 477 g/mol. The van der Waals surface area contributed by atoms with E-state index in [1.165, 1.54) is 14.2 Å². The topological polar surface area (TPSA) is 91.3 Å². The summed E-state index contributed by atoms with van der Waals surface area (Å²) in [6.07, 6.45) is -4.05. The zero-order valence-electron chi connectivity index (χ0n) is 19.6. The summed E-state index contributed by atoms with van der Waals surface area (Å²) < 4.78 is 22.6. The van der Waals surface area contributed by atoms with Crippen molar-refractivity contribution in [3.8, 4) is 5.75 Å². The van der Waals surface area contributed by atoms with Gasteiger partial charge in [-0.2, -0.15) is 0 Å². The molecule has 7 nitrogen and oxygen atoms in total. The molecule has 1 aliphatic heterocycles. The van der Waals surface area contributed by atoms with E-state index in [0.717, 1.165) is 0 Å². The highest BCUT2D eigenvalue weighted by atomic mass is 16.7. The number of aliphatic hydroxyl groups is 1. The van der Waals surface area contributed by atoms with Crippen LogP contribution in [-0.2, 0) is 19.0 Å². The highest BCUT2D eigenvalue weighted by Crippen LogP contribution is 2.36. The quantitative estimate of drug-likeness (QED) is 0.364. The molecule has 0 amide bonds. The Morgan fingerprint density at radius 1 is 0.886 bits per heavy atom. The van der Waals surface area contributed by atoms with Gasteiger partial charge in [-0.25, -0.2) is 0 Å². The number of rotatable bonds is 9. The Bertz CT molecular complexity index is 1130. The lowest BCUT2D eigenvalue weighted by Crippen LogP contribution is -2.47. The molecule has 7 heteroatoms. The van der Waals surface area contributed by atoms with E-state index in [4.69, 9.17) is 18.9 Å². The Hall–Kier alpha value is -3.52. The van der Waals surface area contributed by atoms with E-state index >= 15 is 0 Å². The number of carbonyl (C=O) groups is 2. The summed E-state index contributed by atoms with van der Waals surface area (Å²) >= 11 is 0. The first-order valence-electron chi connectivity index (χ1n) is 11.4. The van der Waals surface area contributed by atoms with Gasteiger partial charge in [-0.3, -0.25) is 9.59 Å². The summed E-state index contributed by atoms with van der Waals surface area (Å²) in [5, 5.41) is 11.1. The minimum Gasteiger partial charge on any atom is -0.488 e. The van der Waals surface area contributed by atoms with Crippen LogP contribution in [0.2, 0.25) is 0 Å². The van der Waals surface area contributed by atoms with Gasteiger partial charge in [0, 0.05) is 14.2 Å². The molecule has 0 spiro atoms. The van der Waals surface area contributed by atoms with Gasteiger partial charge < -0.3 is 24.1 Å². The van der Waals surface area contributed by atoms with E-state index in [2.05, 4.69) is 0 Å². The minimum absolute atomic E-state index is 0.234. The lowest BCUT2D eigenvalue weighted by molar-refractivity contribution is -0.165. The second kappa shape index (κ2) is 11.3. The Balaban J connectivity index is 1.59. The molecular formula is C28H28O7. The van der Waals surface area contributed by atoms with Crippen molar-refractivity contribution in [1.29, 1.82) is 0 Å². The first-order valence-corrected chi connectivity index (χ1v) is 11.4. The van der Waals surface area contributed by atoms with Gasteiger partial charge in [0.05, 0.1) is 12.0 Å². The van der Waals surface area contributed by atoms with Gasteiger partial charge in [-0.1, -0.05) is 72.8 Å². The molecule has 0 saturated carbocycles. The van der Waals surface area contributed by atoms with Crippen molar-refractivity contribution in [2.45, 2.75) is 31.0 Å². The van der Waals surface area contributed by atoms with Crippen molar-refractivity contribution in [3.05, 3.63) is 102 Å². The number of benzene rings is 3. The zero-order valence-corrected chi connectivity index (χ0v) is 19.6. The van der Waals surface area contributed by atoms with Crippen LogP contribution in [0.1, 0.15) is 40.1 Å². The number of para-hydroxylation sites is 1. The molecule has 0 aliphatic carbocycles. The lowest BCUT2D eigenvalue weighted by atomic mass is 9.87. The van der Waals surface area contributed by atoms with Gasteiger partial charge in [0.1, 0.15) is 23.9 Å². The van der Waals surface area contributed by atoms with Crippen LogP contribution in [0.4, 0.5) is 0 Å². The standard InChI is InChI=1S/C28H28O7/c1-32-28(33-2)24-22(34-21-16-10-9-15-20(21)26(24)31)17-23(29)35-27(19-13-7-4-8-14-19)25(30)18-11-5-3-6-12-18/h3-16,22,24-25,27-28,30H,17H2,1-2H3/t22?,24?,25-,27-/m0/s1. The summed E-state index contributed by atoms with van der Waals surface area (Å²) in [7, 11) is 2.86. The van der Waals surface area contributed by atoms with Crippen molar-refractivity contribution in [1.82, 2.24) is 0 Å². The fraction of sp³-hybridized carbons (Fsp3) is 0.286. The molecule has 1 aliphatic rings. The van der Waals surface area contributed by atoms with Crippen molar-refractivity contribution in [2.24, 2.45) is 5.92 Å². The molecule has 0 fully saturated rings. The van der Waals surface area contributed by atoms with Crippen molar-refractivity contribution < 1.29 is 33.6 Å². The lowest BCUT2D eigenvalue weighted by Gasteiger charge is -2.35. The third-order valence-corrected chi connectivity index (χ3v) is 6.07. The third-order valence-electron chi connectivity index (χ3n) is 6.07. The second-order valence-electron chi connectivity index (χ2n) is 8.26. The van der Waals surface area contributed by atoms with E-state index in [-0.39, 0.29) is 12.2 Å². The minimum atomic E-state index is -1.08. The second-order valence-corrected chi connectivity index (χ2v) is 8.26. The van der Waals surface area contributed by atoms with Crippen LogP contribution in [0.5, 0.6) is 5.75 Å². The molecular weight excluding hydrogens is 448 g/mol. The number of esters is 1. The van der Waals surface area contributed by atoms with E-state index in [1.54, 1.807) is 48.5 Å². The van der Waals surface area contributed by atoms with Gasteiger partial charge in [0.25, 0.3) is 0 Å². The fourth-order valence-corrected chi connectivity index (χ4v) is 4.35. The molecule has 2 unspecified atom stereocenters. The number of hydrogen-bond acceptors (Lipinski definition) is 7. The van der Waals surface area contributed by atoms with Gasteiger partial charge in [0.15, 0.2) is 18.2 Å². The highest BCUT2D eigenvalue weighted by Gasteiger charge is 2.44. The third kappa shape index (κ3) is 5.43. The zero-order chi connectivity index (χ0) is 24.8. The van der Waals surface area contributed by atoms with Crippen LogP contribution in [0.15, 0.2) is 84.9 Å². The van der Waals surface area contributed by atoms with E-state index < -0.39 is 36.5 Å². The largest absolute Gasteiger partial charge is 0.488 e. The number of carbonyl (C=O) groups excluding carboxylic acids is 2. The van der Waals surface area contributed by atoms with Gasteiger partial charge in [0.2, 0.25) is 0 Å². The number of ketones is 1. The monoisotopic (exact) mass is 476 g/mol. The van der Waals surface area contributed by atoms with Crippen molar-refractivity contribution in [3.63, 3.8) is 0 Å². The molecule has 4 rings (SSSR count). The Kier molecular flexibility index (Phi) is 7.92. The van der Waals surface area contributed by atoms with Crippen LogP contribution in [0.3, 0.4) is 0 Å². The molecule has 1 N–H and O–H groups in total. The van der Waals surface area contributed by atoms with Gasteiger partial charge >= 0.3 is 5.97 Å². The van der Waals surface area contributed by atoms with Gasteiger partial charge in [-0.15, -0.1) is 0 Å². The number of Topliss-reactive ketones (excluding diaryl/α,β-unsaturated/α-hetero) is 1. The maximum atomic E-state index is 13.3. The molecule has 0 saturated heterocycles. The summed E-state index contributed by atoms with van der Waals surface area (Å²) in [5.41, 5.74) is 1.66. The molecule has 1 heterocycles. The maximum Gasteiger partial charge on any atom is 0.310 e. The van der Waals surface area contributed by atoms with Gasteiger partial charge in [-0.05, 0) is 23.3 Å². The normalized spacial score (nSPS) is 18.9. The molecule has 35 heavy (non-hydrogen) atoms. The molecule has 0 radical (unpaired) electrons. The van der Waals surface area contributed by atoms with Crippen LogP contribution in [-0.4, -0.2) is 43.5 Å². The molecule has 4 atom stereocenters. The molecule has 0 aromatic heterocycles. The molecule has 3 aromatic rings. The SMILES string of the molecule is COC(OC)C1C(=O)c2ccccc2OC1CC(=O)O[C@@H](c1ccccc1)[C@@H](O)c1ccccc1. The Labute approximate surface area is 204 Å². The Morgan fingerprint density at radius 2 is 1.46 bits per heavy atom. The summed E-state index contributed by atoms with van der Waals surface area (Å²) in [4.78, 5) is 26.5. The maximum absolute atomic E-state index is 13.3. The number of fused-ring (bicyclic) bond motifs is 1. The van der Waals surface area contributed by atoms with Crippen molar-refractivity contribution >= 4 is 11.8 Å². The summed E-state index contributed by atoms with van der Waals surface area (Å²) in [6.45, 7) is 0. The average Bonchev–Trinajstić information content (AvgIpc) is 2.90. The van der Waals surface area contributed by atoms with E-state index in [0.29, 0.717) is 22.4 Å². The number of hydrogen-bond donors (Lipinski definition) is 1. The van der Waals surface area contributed by atoms with Crippen LogP contribution in [0.25, 0.3) is 0 Å². The van der Waals surface area contributed by atoms with E-state index in [1.807, 2.05) is 36.4 Å². The predicted octanol–water partition coefficient (Wildman–Crippen LogP) is 4.27. The summed E-state index contributed by atoms with van der Waals surface area (Å²) in [5.74, 6) is -1.34. The predicted molar refractivity (Wildman–Crippen MR) is 128 cm³/mol. The molecule has 3 aromatic carbocycles. The van der Waals surface area contributed by atoms with Crippen LogP contribution < -0.4 is 4.74 Å². The van der Waals surface area contributed by atoms with Crippen LogP contribution >= 0.6 is 0 Å². The van der Waals surface area contributed by atoms with E-state index in [9.17, 15) is 14.7 Å².